The van der Waals surface area contributed by atoms with Crippen molar-refractivity contribution in [3.8, 4) is 0 Å². The highest BCUT2D eigenvalue weighted by molar-refractivity contribution is 7.90. The number of rotatable bonds is 4. The number of esters is 1. The fourth-order valence-electron chi connectivity index (χ4n) is 3.18. The van der Waals surface area contributed by atoms with Gasteiger partial charge in [-0.05, 0) is 37.1 Å². The Morgan fingerprint density at radius 1 is 1.12 bits per heavy atom. The molecule has 0 aromatic heterocycles. The molecule has 0 spiro atoms. The predicted molar refractivity (Wildman–Crippen MR) is 96.9 cm³/mol. The summed E-state index contributed by atoms with van der Waals surface area (Å²) in [6, 6.07) is 13.4. The van der Waals surface area contributed by atoms with E-state index in [1.807, 2.05) is 31.2 Å². The molecule has 1 heterocycles. The number of anilines is 1. The van der Waals surface area contributed by atoms with Crippen molar-refractivity contribution in [3.63, 3.8) is 0 Å². The van der Waals surface area contributed by atoms with Crippen molar-refractivity contribution in [1.29, 1.82) is 0 Å². The predicted octanol–water partition coefficient (Wildman–Crippen LogP) is 2.22. The smallest absolute Gasteiger partial charge is 0.339 e. The summed E-state index contributed by atoms with van der Waals surface area (Å²) in [6.07, 6.45) is 1.76. The molecule has 1 aliphatic rings. The summed E-state index contributed by atoms with van der Waals surface area (Å²) >= 11 is 0. The van der Waals surface area contributed by atoms with Gasteiger partial charge in [-0.2, -0.15) is 0 Å². The van der Waals surface area contributed by atoms with Crippen LogP contribution in [0.5, 0.6) is 0 Å². The van der Waals surface area contributed by atoms with Crippen LogP contribution in [0.2, 0.25) is 0 Å². The molecule has 6 nitrogen and oxygen atoms in total. The van der Waals surface area contributed by atoms with Crippen LogP contribution in [0.1, 0.15) is 22.8 Å². The molecular formula is C19H19NO5S. The normalized spacial score (nSPS) is 16.2. The molecule has 1 unspecified atom stereocenters. The highest BCUT2D eigenvalue weighted by Crippen LogP contribution is 2.31. The van der Waals surface area contributed by atoms with Crippen molar-refractivity contribution < 1.29 is 22.7 Å². The molecule has 0 bridgehead atoms. The van der Waals surface area contributed by atoms with Gasteiger partial charge in [0.15, 0.2) is 16.4 Å². The molecule has 3 rings (SSSR count). The molecule has 136 valence electrons. The molecule has 2 aromatic carbocycles. The maximum Gasteiger partial charge on any atom is 0.339 e. The van der Waals surface area contributed by atoms with Gasteiger partial charge in [-0.15, -0.1) is 0 Å². The van der Waals surface area contributed by atoms with Crippen LogP contribution < -0.4 is 4.90 Å². The zero-order chi connectivity index (χ0) is 18.9. The maximum atomic E-state index is 12.6. The van der Waals surface area contributed by atoms with E-state index in [0.717, 1.165) is 23.9 Å². The average molecular weight is 373 g/mol. The standard InChI is InChI=1S/C19H19NO5S/c1-13-11-14-7-3-5-9-16(14)20(13)18(21)12-25-19(22)15-8-4-6-10-17(15)26(2,23)24/h3-10,13H,11-12H2,1-2H3. The molecule has 0 saturated carbocycles. The van der Waals surface area contributed by atoms with Crippen molar-refractivity contribution in [2.24, 2.45) is 0 Å². The first-order valence-corrected chi connectivity index (χ1v) is 10.0. The summed E-state index contributed by atoms with van der Waals surface area (Å²) in [5.74, 6) is -1.17. The summed E-state index contributed by atoms with van der Waals surface area (Å²) in [7, 11) is -3.58. The van der Waals surface area contributed by atoms with Crippen molar-refractivity contribution >= 4 is 27.4 Å². The topological polar surface area (TPSA) is 80.8 Å². The maximum absolute atomic E-state index is 12.6. The SMILES string of the molecule is CC1Cc2ccccc2N1C(=O)COC(=O)c1ccccc1S(C)(=O)=O. The molecular weight excluding hydrogens is 354 g/mol. The Bertz CT molecular complexity index is 967. The van der Waals surface area contributed by atoms with Crippen LogP contribution in [0.3, 0.4) is 0 Å². The first-order chi connectivity index (χ1) is 12.3. The van der Waals surface area contributed by atoms with Gasteiger partial charge in [0.25, 0.3) is 5.91 Å². The van der Waals surface area contributed by atoms with E-state index in [1.54, 1.807) is 11.0 Å². The summed E-state index contributed by atoms with van der Waals surface area (Å²) in [5, 5.41) is 0. The number of hydrogen-bond donors (Lipinski definition) is 0. The Balaban J connectivity index is 1.74. The van der Waals surface area contributed by atoms with Crippen LogP contribution in [0.15, 0.2) is 53.4 Å². The Labute approximate surface area is 152 Å². The zero-order valence-electron chi connectivity index (χ0n) is 14.5. The number of hydrogen-bond acceptors (Lipinski definition) is 5. The van der Waals surface area contributed by atoms with Gasteiger partial charge in [0.05, 0.1) is 10.5 Å². The van der Waals surface area contributed by atoms with E-state index in [0.29, 0.717) is 0 Å². The molecule has 1 amide bonds. The van der Waals surface area contributed by atoms with Crippen LogP contribution in [0.25, 0.3) is 0 Å². The minimum absolute atomic E-state index is 0.0260. The number of para-hydroxylation sites is 1. The quantitative estimate of drug-likeness (QED) is 0.768. The molecule has 1 atom stereocenters. The third kappa shape index (κ3) is 3.48. The van der Waals surface area contributed by atoms with Gasteiger partial charge >= 0.3 is 5.97 Å². The van der Waals surface area contributed by atoms with Crippen LogP contribution in [0, 0.1) is 0 Å². The van der Waals surface area contributed by atoms with Gasteiger partial charge in [0, 0.05) is 18.0 Å². The molecule has 7 heteroatoms. The Morgan fingerprint density at radius 2 is 1.77 bits per heavy atom. The van der Waals surface area contributed by atoms with Gasteiger partial charge < -0.3 is 9.64 Å². The Morgan fingerprint density at radius 3 is 2.50 bits per heavy atom. The van der Waals surface area contributed by atoms with E-state index in [1.165, 1.54) is 18.2 Å². The van der Waals surface area contributed by atoms with Crippen molar-refractivity contribution in [3.05, 3.63) is 59.7 Å². The lowest BCUT2D eigenvalue weighted by Gasteiger charge is -2.22. The number of carbonyl (C=O) groups excluding carboxylic acids is 2. The monoisotopic (exact) mass is 373 g/mol. The van der Waals surface area contributed by atoms with Gasteiger partial charge in [-0.1, -0.05) is 30.3 Å². The number of fused-ring (bicyclic) bond motifs is 1. The summed E-state index contributed by atoms with van der Waals surface area (Å²) in [5.41, 5.74) is 1.82. The van der Waals surface area contributed by atoms with E-state index >= 15 is 0 Å². The number of sulfone groups is 1. The average Bonchev–Trinajstić information content (AvgIpc) is 2.94. The Hall–Kier alpha value is -2.67. The largest absolute Gasteiger partial charge is 0.452 e. The number of carbonyl (C=O) groups is 2. The highest BCUT2D eigenvalue weighted by Gasteiger charge is 2.31. The molecule has 0 radical (unpaired) electrons. The molecule has 0 aliphatic carbocycles. The van der Waals surface area contributed by atoms with Crippen molar-refractivity contribution in [2.75, 3.05) is 17.8 Å². The fraction of sp³-hybridized carbons (Fsp3) is 0.263. The first kappa shape index (κ1) is 18.1. The summed E-state index contributed by atoms with van der Waals surface area (Å²) in [6.45, 7) is 1.48. The summed E-state index contributed by atoms with van der Waals surface area (Å²) in [4.78, 5) is 26.4. The highest BCUT2D eigenvalue weighted by atomic mass is 32.2. The lowest BCUT2D eigenvalue weighted by molar-refractivity contribution is -0.122. The third-order valence-corrected chi connectivity index (χ3v) is 5.46. The van der Waals surface area contributed by atoms with E-state index < -0.39 is 22.4 Å². The van der Waals surface area contributed by atoms with E-state index in [4.69, 9.17) is 4.74 Å². The number of amides is 1. The van der Waals surface area contributed by atoms with Crippen molar-refractivity contribution in [1.82, 2.24) is 0 Å². The zero-order valence-corrected chi connectivity index (χ0v) is 15.3. The van der Waals surface area contributed by atoms with Gasteiger partial charge in [-0.25, -0.2) is 13.2 Å². The number of ether oxygens (including phenoxy) is 1. The second kappa shape index (κ2) is 6.92. The number of nitrogens with zero attached hydrogens (tertiary/aromatic N) is 1. The lowest BCUT2D eigenvalue weighted by atomic mass is 10.1. The van der Waals surface area contributed by atoms with Crippen LogP contribution in [-0.2, 0) is 25.8 Å². The second-order valence-electron chi connectivity index (χ2n) is 6.29. The first-order valence-electron chi connectivity index (χ1n) is 8.15. The molecule has 2 aromatic rings. The van der Waals surface area contributed by atoms with E-state index in [2.05, 4.69) is 0 Å². The van der Waals surface area contributed by atoms with E-state index in [9.17, 15) is 18.0 Å². The van der Waals surface area contributed by atoms with E-state index in [-0.39, 0.29) is 22.4 Å². The Kier molecular flexibility index (Phi) is 4.82. The number of benzene rings is 2. The third-order valence-electron chi connectivity index (χ3n) is 4.31. The fourth-order valence-corrected chi connectivity index (χ4v) is 4.06. The van der Waals surface area contributed by atoms with Gasteiger partial charge in [0.2, 0.25) is 0 Å². The molecule has 1 aliphatic heterocycles. The van der Waals surface area contributed by atoms with Gasteiger partial charge in [0.1, 0.15) is 0 Å². The van der Waals surface area contributed by atoms with Gasteiger partial charge in [-0.3, -0.25) is 4.79 Å². The van der Waals surface area contributed by atoms with Crippen LogP contribution >= 0.6 is 0 Å². The molecule has 0 saturated heterocycles. The minimum atomic E-state index is -3.58. The van der Waals surface area contributed by atoms with Crippen molar-refractivity contribution in [2.45, 2.75) is 24.3 Å². The molecule has 0 N–H and O–H groups in total. The van der Waals surface area contributed by atoms with Crippen LogP contribution in [-0.4, -0.2) is 39.2 Å². The van der Waals surface area contributed by atoms with Crippen LogP contribution in [0.4, 0.5) is 5.69 Å². The molecule has 0 fully saturated rings. The molecule has 26 heavy (non-hydrogen) atoms. The lowest BCUT2D eigenvalue weighted by Crippen LogP contribution is -2.38. The minimum Gasteiger partial charge on any atom is -0.452 e. The second-order valence-corrected chi connectivity index (χ2v) is 8.27. The summed E-state index contributed by atoms with van der Waals surface area (Å²) < 4.78 is 28.7.